The molecule has 0 bridgehead atoms. The van der Waals surface area contributed by atoms with Gasteiger partial charge in [-0.2, -0.15) is 13.2 Å². The number of amides is 2. The highest BCUT2D eigenvalue weighted by atomic mass is 35.5. The van der Waals surface area contributed by atoms with Crippen LogP contribution in [0.1, 0.15) is 25.0 Å². The minimum atomic E-state index is -4.65. The number of rotatable bonds is 3. The fourth-order valence-electron chi connectivity index (χ4n) is 4.25. The third-order valence-corrected chi connectivity index (χ3v) is 8.17. The molecule has 0 atom stereocenters. The van der Waals surface area contributed by atoms with Crippen LogP contribution in [0.15, 0.2) is 29.8 Å². The van der Waals surface area contributed by atoms with Crippen LogP contribution in [0.25, 0.3) is 10.1 Å². The number of thiophene rings is 1. The van der Waals surface area contributed by atoms with Crippen molar-refractivity contribution in [2.24, 2.45) is 0 Å². The minimum Gasteiger partial charge on any atom is -0.335 e. The first-order valence-corrected chi connectivity index (χ1v) is 12.3. The highest BCUT2D eigenvalue weighted by molar-refractivity contribution is 7.21. The number of aromatic nitrogens is 1. The van der Waals surface area contributed by atoms with Gasteiger partial charge in [-0.3, -0.25) is 14.5 Å². The highest BCUT2D eigenvalue weighted by Gasteiger charge is 2.43. The molecule has 0 N–H and O–H groups in total. The van der Waals surface area contributed by atoms with Gasteiger partial charge >= 0.3 is 6.18 Å². The second kappa shape index (κ2) is 8.53. The Hall–Kier alpha value is -2.21. The summed E-state index contributed by atoms with van der Waals surface area (Å²) in [6.07, 6.45) is -3.05. The van der Waals surface area contributed by atoms with E-state index >= 15 is 0 Å². The molecule has 174 valence electrons. The Morgan fingerprint density at radius 2 is 1.79 bits per heavy atom. The summed E-state index contributed by atoms with van der Waals surface area (Å²) >= 11 is 8.06. The summed E-state index contributed by atoms with van der Waals surface area (Å²) in [4.78, 5) is 34.6. The molecule has 12 heteroatoms. The van der Waals surface area contributed by atoms with Gasteiger partial charge < -0.3 is 9.80 Å². The van der Waals surface area contributed by atoms with Gasteiger partial charge in [-0.1, -0.05) is 11.6 Å². The van der Waals surface area contributed by atoms with Crippen molar-refractivity contribution in [1.82, 2.24) is 19.7 Å². The number of halogens is 4. The zero-order valence-corrected chi connectivity index (χ0v) is 19.5. The van der Waals surface area contributed by atoms with E-state index in [9.17, 15) is 22.8 Å². The van der Waals surface area contributed by atoms with E-state index in [0.29, 0.717) is 49.0 Å². The molecule has 2 aliphatic heterocycles. The fraction of sp³-hybridized carbons (Fsp3) is 0.381. The lowest BCUT2D eigenvalue weighted by Crippen LogP contribution is -2.64. The van der Waals surface area contributed by atoms with Gasteiger partial charge in [-0.05, 0) is 18.2 Å². The maximum Gasteiger partial charge on any atom is 0.418 e. The molecule has 2 aromatic heterocycles. The predicted octanol–water partition coefficient (Wildman–Crippen LogP) is 4.31. The summed E-state index contributed by atoms with van der Waals surface area (Å²) in [5.74, 6) is -0.687. The summed E-state index contributed by atoms with van der Waals surface area (Å²) in [5.41, 5.74) is -0.909. The van der Waals surface area contributed by atoms with E-state index in [1.807, 2.05) is 0 Å². The van der Waals surface area contributed by atoms with Crippen molar-refractivity contribution >= 4 is 56.2 Å². The number of hydrogen-bond donors (Lipinski definition) is 0. The Balaban J connectivity index is 1.24. The number of nitrogens with zero attached hydrogens (tertiary/aromatic N) is 4. The Labute approximate surface area is 200 Å². The summed E-state index contributed by atoms with van der Waals surface area (Å²) in [6, 6.07) is 4.37. The van der Waals surface area contributed by atoms with Gasteiger partial charge in [0.25, 0.3) is 11.8 Å². The van der Waals surface area contributed by atoms with Gasteiger partial charge in [0.1, 0.15) is 4.88 Å². The third-order valence-electron chi connectivity index (χ3n) is 6.01. The molecule has 0 radical (unpaired) electrons. The van der Waals surface area contributed by atoms with Crippen molar-refractivity contribution in [3.05, 3.63) is 50.2 Å². The summed E-state index contributed by atoms with van der Waals surface area (Å²) < 4.78 is 41.8. The van der Waals surface area contributed by atoms with Crippen molar-refractivity contribution in [2.45, 2.75) is 12.2 Å². The van der Waals surface area contributed by atoms with Crippen LogP contribution in [0.2, 0.25) is 5.02 Å². The molecule has 2 amide bonds. The molecule has 0 saturated carbocycles. The van der Waals surface area contributed by atoms with E-state index in [-0.39, 0.29) is 27.2 Å². The van der Waals surface area contributed by atoms with Gasteiger partial charge in [-0.25, -0.2) is 4.98 Å². The van der Waals surface area contributed by atoms with Crippen LogP contribution in [0, 0.1) is 0 Å². The first-order valence-electron chi connectivity index (χ1n) is 10.2. The van der Waals surface area contributed by atoms with Gasteiger partial charge in [0.2, 0.25) is 0 Å². The molecule has 2 saturated heterocycles. The third kappa shape index (κ3) is 4.23. The van der Waals surface area contributed by atoms with E-state index in [1.165, 1.54) is 34.4 Å². The van der Waals surface area contributed by atoms with E-state index < -0.39 is 17.6 Å². The first kappa shape index (κ1) is 22.6. The number of hydrogen-bond acceptors (Lipinski definition) is 6. The lowest BCUT2D eigenvalue weighted by atomic mass is 10.0. The van der Waals surface area contributed by atoms with Crippen molar-refractivity contribution < 1.29 is 22.8 Å². The van der Waals surface area contributed by atoms with Crippen LogP contribution in [0.4, 0.5) is 13.2 Å². The van der Waals surface area contributed by atoms with Crippen LogP contribution in [0.5, 0.6) is 0 Å². The molecule has 2 aliphatic rings. The zero-order valence-electron chi connectivity index (χ0n) is 17.1. The molecule has 4 heterocycles. The second-order valence-corrected chi connectivity index (χ2v) is 10.4. The molecule has 5 rings (SSSR count). The van der Waals surface area contributed by atoms with Crippen LogP contribution in [-0.4, -0.2) is 76.8 Å². The van der Waals surface area contributed by atoms with Gasteiger partial charge in [0.15, 0.2) is 5.01 Å². The molecular weight excluding hydrogens is 497 g/mol. The SMILES string of the molecule is O=C(c1nccs1)N1CCN(C2CN(C(=O)c3sc4ccc(Cl)cc4c3C(F)(F)F)C2)CC1. The van der Waals surface area contributed by atoms with Crippen molar-refractivity contribution in [3.8, 4) is 0 Å². The van der Waals surface area contributed by atoms with Crippen molar-refractivity contribution in [1.29, 1.82) is 0 Å². The van der Waals surface area contributed by atoms with E-state index in [2.05, 4.69) is 9.88 Å². The Kier molecular flexibility index (Phi) is 5.84. The van der Waals surface area contributed by atoms with Crippen LogP contribution in [0.3, 0.4) is 0 Å². The molecule has 0 spiro atoms. The zero-order chi connectivity index (χ0) is 23.3. The summed E-state index contributed by atoms with van der Waals surface area (Å²) in [7, 11) is 0. The van der Waals surface area contributed by atoms with E-state index in [1.54, 1.807) is 16.5 Å². The Morgan fingerprint density at radius 1 is 1.06 bits per heavy atom. The highest BCUT2D eigenvalue weighted by Crippen LogP contribution is 2.44. The molecule has 0 unspecified atom stereocenters. The number of likely N-dealkylation sites (tertiary alicyclic amines) is 1. The second-order valence-electron chi connectivity index (χ2n) is 7.97. The fourth-order valence-corrected chi connectivity index (χ4v) is 6.20. The van der Waals surface area contributed by atoms with Crippen molar-refractivity contribution in [2.75, 3.05) is 39.3 Å². The maximum atomic E-state index is 13.8. The summed E-state index contributed by atoms with van der Waals surface area (Å²) in [5, 5.41) is 2.38. The standard InChI is InChI=1S/C21H18ClF3N4O2S2/c22-12-1-2-15-14(9-12)16(21(23,24)25)17(33-15)19(30)29-10-13(11-29)27-4-6-28(7-5-27)20(31)18-26-3-8-32-18/h1-3,8-9,13H,4-7,10-11H2. The minimum absolute atomic E-state index is 0.0403. The van der Waals surface area contributed by atoms with Crippen LogP contribution < -0.4 is 0 Å². The number of fused-ring (bicyclic) bond motifs is 1. The van der Waals surface area contributed by atoms with Gasteiger partial charge in [0.05, 0.1) is 5.56 Å². The molecular formula is C21H18ClF3N4O2S2. The topological polar surface area (TPSA) is 56.8 Å². The number of thiazole rings is 1. The molecule has 2 fully saturated rings. The summed E-state index contributed by atoms with van der Waals surface area (Å²) in [6.45, 7) is 3.14. The number of benzene rings is 1. The number of alkyl halides is 3. The normalized spacial score (nSPS) is 18.1. The molecule has 6 nitrogen and oxygen atoms in total. The molecule has 33 heavy (non-hydrogen) atoms. The molecule has 0 aliphatic carbocycles. The Morgan fingerprint density at radius 3 is 2.42 bits per heavy atom. The quantitative estimate of drug-likeness (QED) is 0.522. The first-order chi connectivity index (χ1) is 15.7. The molecule has 1 aromatic carbocycles. The van der Waals surface area contributed by atoms with Gasteiger partial charge in [0, 0.05) is 72.0 Å². The monoisotopic (exact) mass is 514 g/mol. The lowest BCUT2D eigenvalue weighted by Gasteiger charge is -2.48. The lowest BCUT2D eigenvalue weighted by molar-refractivity contribution is -0.136. The van der Waals surface area contributed by atoms with E-state index in [4.69, 9.17) is 11.6 Å². The van der Waals surface area contributed by atoms with Crippen LogP contribution in [-0.2, 0) is 6.18 Å². The number of carbonyl (C=O) groups is 2. The van der Waals surface area contributed by atoms with Gasteiger partial charge in [-0.15, -0.1) is 22.7 Å². The molecule has 3 aromatic rings. The van der Waals surface area contributed by atoms with E-state index in [0.717, 1.165) is 11.3 Å². The van der Waals surface area contributed by atoms with Crippen molar-refractivity contribution in [3.63, 3.8) is 0 Å². The predicted molar refractivity (Wildman–Crippen MR) is 121 cm³/mol. The maximum absolute atomic E-state index is 13.8. The smallest absolute Gasteiger partial charge is 0.335 e. The average Bonchev–Trinajstić information content (AvgIpc) is 3.40. The van der Waals surface area contributed by atoms with Crippen LogP contribution >= 0.6 is 34.3 Å². The largest absolute Gasteiger partial charge is 0.418 e. The number of piperazine rings is 1. The Bertz CT molecular complexity index is 1200. The number of carbonyl (C=O) groups excluding carboxylic acids is 2. The average molecular weight is 515 g/mol.